The minimum atomic E-state index is -0.844. The Labute approximate surface area is 200 Å². The second kappa shape index (κ2) is 8.14. The fourth-order valence-electron chi connectivity index (χ4n) is 4.12. The molecule has 1 aliphatic rings. The van der Waals surface area contributed by atoms with Gasteiger partial charge in [-0.1, -0.05) is 29.5 Å². The number of Topliss-reactive ketones (excluding diaryl/α,β-unsaturated/α-hetero) is 1. The Bertz CT molecular complexity index is 1460. The standard InChI is InChI=1S/C26H23N3O4S/c1-14-5-11-18-20(13-14)34-26(27-18)29-22(16-7-9-17(10-8-16)28(3)4)21(24(31)25(29)32)23(30)19-12-6-15(2)33-19/h5-13,22,31H,1-4H3. The third-order valence-corrected chi connectivity index (χ3v) is 6.90. The molecule has 0 aliphatic carbocycles. The zero-order chi connectivity index (χ0) is 24.1. The number of aliphatic hydroxyl groups is 1. The minimum Gasteiger partial charge on any atom is -0.503 e. The summed E-state index contributed by atoms with van der Waals surface area (Å²) in [7, 11) is 3.87. The van der Waals surface area contributed by atoms with E-state index in [9.17, 15) is 14.7 Å². The number of anilines is 2. The van der Waals surface area contributed by atoms with Gasteiger partial charge in [0, 0.05) is 19.8 Å². The van der Waals surface area contributed by atoms with Crippen LogP contribution < -0.4 is 9.80 Å². The minimum absolute atomic E-state index is 0.0209. The largest absolute Gasteiger partial charge is 0.503 e. The van der Waals surface area contributed by atoms with E-state index in [4.69, 9.17) is 4.42 Å². The molecule has 34 heavy (non-hydrogen) atoms. The molecule has 0 saturated heterocycles. The summed E-state index contributed by atoms with van der Waals surface area (Å²) in [5.74, 6) is -1.14. The third kappa shape index (κ3) is 3.56. The summed E-state index contributed by atoms with van der Waals surface area (Å²) >= 11 is 1.35. The van der Waals surface area contributed by atoms with Gasteiger partial charge in [-0.25, -0.2) is 4.98 Å². The van der Waals surface area contributed by atoms with Crippen LogP contribution in [0.2, 0.25) is 0 Å². The van der Waals surface area contributed by atoms with Crippen molar-refractivity contribution in [3.05, 3.63) is 88.6 Å². The molecule has 2 aromatic heterocycles. The zero-order valence-electron chi connectivity index (χ0n) is 19.2. The summed E-state index contributed by atoms with van der Waals surface area (Å²) in [5, 5.41) is 11.3. The van der Waals surface area contributed by atoms with Crippen molar-refractivity contribution >= 4 is 44.1 Å². The first kappa shape index (κ1) is 21.9. The van der Waals surface area contributed by atoms with E-state index in [0.29, 0.717) is 16.5 Å². The number of furan rings is 1. The first-order valence-corrected chi connectivity index (χ1v) is 11.6. The lowest BCUT2D eigenvalue weighted by Crippen LogP contribution is -2.31. The van der Waals surface area contributed by atoms with E-state index >= 15 is 0 Å². The molecule has 0 bridgehead atoms. The van der Waals surface area contributed by atoms with Gasteiger partial charge in [-0.2, -0.15) is 0 Å². The number of thiazole rings is 1. The van der Waals surface area contributed by atoms with E-state index in [0.717, 1.165) is 21.5 Å². The molecular formula is C26H23N3O4S. The number of carbonyl (C=O) groups is 2. The number of benzene rings is 2. The van der Waals surface area contributed by atoms with Gasteiger partial charge in [0.15, 0.2) is 16.7 Å². The van der Waals surface area contributed by atoms with Gasteiger partial charge in [0.2, 0.25) is 5.78 Å². The molecule has 0 spiro atoms. The van der Waals surface area contributed by atoms with Crippen LogP contribution in [0.15, 0.2) is 70.3 Å². The lowest BCUT2D eigenvalue weighted by Gasteiger charge is -2.25. The molecule has 8 heteroatoms. The lowest BCUT2D eigenvalue weighted by molar-refractivity contribution is -0.117. The summed E-state index contributed by atoms with van der Waals surface area (Å²) < 4.78 is 6.46. The van der Waals surface area contributed by atoms with E-state index in [-0.39, 0.29) is 11.3 Å². The number of carbonyl (C=O) groups excluding carboxylic acids is 2. The highest BCUT2D eigenvalue weighted by Crippen LogP contribution is 2.44. The van der Waals surface area contributed by atoms with Gasteiger partial charge in [-0.15, -0.1) is 0 Å². The van der Waals surface area contributed by atoms with Crippen molar-refractivity contribution < 1.29 is 19.1 Å². The molecular weight excluding hydrogens is 450 g/mol. The second-order valence-corrected chi connectivity index (χ2v) is 9.54. The van der Waals surface area contributed by atoms with Crippen molar-refractivity contribution in [3.8, 4) is 0 Å². The number of amides is 1. The van der Waals surface area contributed by atoms with Crippen LogP contribution in [0.25, 0.3) is 10.2 Å². The van der Waals surface area contributed by atoms with Crippen molar-refractivity contribution in [1.82, 2.24) is 4.98 Å². The van der Waals surface area contributed by atoms with Crippen LogP contribution in [0.5, 0.6) is 0 Å². The van der Waals surface area contributed by atoms with E-state index in [1.165, 1.54) is 16.2 Å². The van der Waals surface area contributed by atoms with Crippen molar-refractivity contribution in [2.45, 2.75) is 19.9 Å². The highest BCUT2D eigenvalue weighted by Gasteiger charge is 2.46. The molecule has 7 nitrogen and oxygen atoms in total. The maximum Gasteiger partial charge on any atom is 0.296 e. The Morgan fingerprint density at radius 2 is 1.82 bits per heavy atom. The van der Waals surface area contributed by atoms with Crippen LogP contribution in [0.4, 0.5) is 10.8 Å². The first-order chi connectivity index (χ1) is 16.2. The van der Waals surface area contributed by atoms with E-state index in [2.05, 4.69) is 4.98 Å². The van der Waals surface area contributed by atoms with Crippen LogP contribution in [0, 0.1) is 13.8 Å². The molecule has 1 amide bonds. The van der Waals surface area contributed by atoms with E-state index < -0.39 is 23.5 Å². The number of aromatic nitrogens is 1. The topological polar surface area (TPSA) is 86.9 Å². The molecule has 1 N–H and O–H groups in total. The number of aryl methyl sites for hydroxylation is 2. The summed E-state index contributed by atoms with van der Waals surface area (Å²) in [6.45, 7) is 3.72. The van der Waals surface area contributed by atoms with Crippen LogP contribution in [0.1, 0.15) is 33.5 Å². The summed E-state index contributed by atoms with van der Waals surface area (Å²) in [6, 6.07) is 15.8. The number of hydrogen-bond donors (Lipinski definition) is 1. The highest BCUT2D eigenvalue weighted by atomic mass is 32.1. The SMILES string of the molecule is Cc1ccc2nc(N3C(=O)C(O)=C(C(=O)c4ccc(C)o4)C3c3ccc(N(C)C)cc3)sc2c1. The summed E-state index contributed by atoms with van der Waals surface area (Å²) in [4.78, 5) is 34.8. The van der Waals surface area contributed by atoms with Crippen LogP contribution in [0.3, 0.4) is 0 Å². The van der Waals surface area contributed by atoms with Crippen LogP contribution in [-0.4, -0.2) is 35.9 Å². The molecule has 1 aliphatic heterocycles. The van der Waals surface area contributed by atoms with Crippen molar-refractivity contribution in [1.29, 1.82) is 0 Å². The molecule has 0 fully saturated rings. The number of nitrogens with zero attached hydrogens (tertiary/aromatic N) is 3. The molecule has 4 aromatic rings. The molecule has 1 unspecified atom stereocenters. The zero-order valence-corrected chi connectivity index (χ0v) is 20.0. The Morgan fingerprint density at radius 3 is 2.47 bits per heavy atom. The van der Waals surface area contributed by atoms with Crippen molar-refractivity contribution in [3.63, 3.8) is 0 Å². The third-order valence-electron chi connectivity index (χ3n) is 5.88. The predicted molar refractivity (Wildman–Crippen MR) is 133 cm³/mol. The van der Waals surface area contributed by atoms with E-state index in [1.54, 1.807) is 19.1 Å². The monoisotopic (exact) mass is 473 g/mol. The molecule has 5 rings (SSSR count). The summed E-state index contributed by atoms with van der Waals surface area (Å²) in [6.07, 6.45) is 0. The van der Waals surface area contributed by atoms with Gasteiger partial charge in [-0.3, -0.25) is 14.5 Å². The Balaban J connectivity index is 1.67. The number of hydrogen-bond acceptors (Lipinski definition) is 7. The fourth-order valence-corrected chi connectivity index (χ4v) is 5.21. The molecule has 2 aromatic carbocycles. The number of fused-ring (bicyclic) bond motifs is 1. The molecule has 3 heterocycles. The van der Waals surface area contributed by atoms with Gasteiger partial charge >= 0.3 is 0 Å². The number of aliphatic hydroxyl groups excluding tert-OH is 1. The van der Waals surface area contributed by atoms with Gasteiger partial charge < -0.3 is 14.4 Å². The molecule has 0 saturated carbocycles. The number of rotatable bonds is 5. The summed E-state index contributed by atoms with van der Waals surface area (Å²) in [5.41, 5.74) is 3.47. The van der Waals surface area contributed by atoms with Gasteiger partial charge in [0.1, 0.15) is 5.76 Å². The number of ketones is 1. The normalized spacial score (nSPS) is 16.1. The second-order valence-electron chi connectivity index (χ2n) is 8.53. The van der Waals surface area contributed by atoms with E-state index in [1.807, 2.05) is 68.4 Å². The molecule has 172 valence electrons. The Morgan fingerprint density at radius 1 is 1.09 bits per heavy atom. The van der Waals surface area contributed by atoms with Gasteiger partial charge in [-0.05, 0) is 61.4 Å². The Hall–Kier alpha value is -3.91. The molecule has 0 radical (unpaired) electrons. The van der Waals surface area contributed by atoms with Crippen LogP contribution in [-0.2, 0) is 4.79 Å². The smallest absolute Gasteiger partial charge is 0.296 e. The first-order valence-electron chi connectivity index (χ1n) is 10.8. The van der Waals surface area contributed by atoms with Crippen molar-refractivity contribution in [2.75, 3.05) is 23.9 Å². The van der Waals surface area contributed by atoms with Gasteiger partial charge in [0.05, 0.1) is 21.8 Å². The Kier molecular flexibility index (Phi) is 5.25. The van der Waals surface area contributed by atoms with Gasteiger partial charge in [0.25, 0.3) is 5.91 Å². The fraction of sp³-hybridized carbons (Fsp3) is 0.192. The average molecular weight is 474 g/mol. The maximum absolute atomic E-state index is 13.5. The lowest BCUT2D eigenvalue weighted by atomic mass is 9.95. The molecule has 1 atom stereocenters. The predicted octanol–water partition coefficient (Wildman–Crippen LogP) is 5.36. The average Bonchev–Trinajstić information content (AvgIpc) is 3.49. The van der Waals surface area contributed by atoms with Crippen LogP contribution >= 0.6 is 11.3 Å². The maximum atomic E-state index is 13.5. The quantitative estimate of drug-likeness (QED) is 0.393. The van der Waals surface area contributed by atoms with Crippen molar-refractivity contribution in [2.24, 2.45) is 0 Å². The highest BCUT2D eigenvalue weighted by molar-refractivity contribution is 7.22.